The summed E-state index contributed by atoms with van der Waals surface area (Å²) < 4.78 is 11.8. The molecular formula is C30H41N3O6. The van der Waals surface area contributed by atoms with Crippen LogP contribution in [0.5, 0.6) is 0 Å². The third-order valence-electron chi connectivity index (χ3n) is 8.32. The van der Waals surface area contributed by atoms with Gasteiger partial charge in [-0.25, -0.2) is 0 Å². The van der Waals surface area contributed by atoms with Crippen molar-refractivity contribution in [2.24, 2.45) is 11.8 Å². The van der Waals surface area contributed by atoms with Crippen LogP contribution >= 0.6 is 0 Å². The molecule has 212 valence electrons. The van der Waals surface area contributed by atoms with Crippen LogP contribution in [0.25, 0.3) is 0 Å². The quantitative estimate of drug-likeness (QED) is 0.220. The number of hydrogen-bond acceptors (Lipinski definition) is 7. The molecule has 9 nitrogen and oxygen atoms in total. The first-order valence-electron chi connectivity index (χ1n) is 14.0. The monoisotopic (exact) mass is 539 g/mol. The molecule has 3 saturated heterocycles. The van der Waals surface area contributed by atoms with E-state index in [0.717, 1.165) is 18.8 Å². The molecule has 1 spiro atoms. The van der Waals surface area contributed by atoms with E-state index in [2.05, 4.69) is 31.9 Å². The number of esters is 1. The second-order valence-corrected chi connectivity index (χ2v) is 10.4. The van der Waals surface area contributed by atoms with Gasteiger partial charge in [-0.1, -0.05) is 18.7 Å². The van der Waals surface area contributed by atoms with Gasteiger partial charge in [0.2, 0.25) is 5.91 Å². The van der Waals surface area contributed by atoms with E-state index < -0.39 is 35.6 Å². The molecule has 1 N–H and O–H groups in total. The third-order valence-corrected chi connectivity index (χ3v) is 8.32. The van der Waals surface area contributed by atoms with E-state index in [1.807, 2.05) is 24.3 Å². The number of carbonyl (C=O) groups excluding carboxylic acids is 3. The molecule has 0 radical (unpaired) electrons. The molecule has 0 aromatic heterocycles. The Balaban J connectivity index is 1.70. The average molecular weight is 540 g/mol. The summed E-state index contributed by atoms with van der Waals surface area (Å²) >= 11 is 0. The highest BCUT2D eigenvalue weighted by atomic mass is 16.6. The van der Waals surface area contributed by atoms with Gasteiger partial charge in [0.15, 0.2) is 0 Å². The fraction of sp³-hybridized carbons (Fsp3) is 0.567. The number of hydrogen-bond donors (Lipinski definition) is 1. The van der Waals surface area contributed by atoms with Crippen molar-refractivity contribution in [3.05, 3.63) is 49.6 Å². The Morgan fingerprint density at radius 3 is 2.46 bits per heavy atom. The summed E-state index contributed by atoms with van der Waals surface area (Å²) in [5.41, 5.74) is 0.665. The number of ether oxygens (including phenoxy) is 2. The van der Waals surface area contributed by atoms with Crippen LogP contribution in [-0.4, -0.2) is 84.9 Å². The second kappa shape index (κ2) is 12.3. The molecule has 2 unspecified atom stereocenters. The molecule has 2 bridgehead atoms. The summed E-state index contributed by atoms with van der Waals surface area (Å²) in [5, 5.41) is 9.36. The number of aliphatic hydroxyl groups is 1. The topological polar surface area (TPSA) is 99.6 Å². The summed E-state index contributed by atoms with van der Waals surface area (Å²) in [7, 11) is 0. The zero-order valence-corrected chi connectivity index (χ0v) is 23.1. The highest BCUT2D eigenvalue weighted by Gasteiger charge is 2.75. The highest BCUT2D eigenvalue weighted by molar-refractivity contribution is 6.04. The van der Waals surface area contributed by atoms with Crippen molar-refractivity contribution in [1.29, 1.82) is 0 Å². The van der Waals surface area contributed by atoms with Gasteiger partial charge in [-0.3, -0.25) is 14.4 Å². The van der Waals surface area contributed by atoms with Gasteiger partial charge in [0.1, 0.15) is 18.2 Å². The van der Waals surface area contributed by atoms with Gasteiger partial charge in [-0.2, -0.15) is 0 Å². The van der Waals surface area contributed by atoms with E-state index in [1.54, 1.807) is 15.9 Å². The first-order valence-corrected chi connectivity index (χ1v) is 14.0. The molecule has 3 heterocycles. The molecule has 3 aliphatic rings. The lowest BCUT2D eigenvalue weighted by Gasteiger charge is -2.37. The molecule has 5 atom stereocenters. The molecule has 0 saturated carbocycles. The molecule has 1 aromatic rings. The smallest absolute Gasteiger partial charge is 0.312 e. The summed E-state index contributed by atoms with van der Waals surface area (Å²) in [5.74, 6) is -2.55. The minimum atomic E-state index is -1.10. The van der Waals surface area contributed by atoms with Gasteiger partial charge in [0, 0.05) is 44.2 Å². The first-order chi connectivity index (χ1) is 18.9. The molecule has 9 heteroatoms. The number of fused-ring (bicyclic) bond motifs is 1. The predicted octanol–water partition coefficient (Wildman–Crippen LogP) is 2.93. The van der Waals surface area contributed by atoms with Gasteiger partial charge >= 0.3 is 5.97 Å². The van der Waals surface area contributed by atoms with E-state index in [4.69, 9.17) is 9.47 Å². The molecule has 39 heavy (non-hydrogen) atoms. The number of benzene rings is 1. The number of aliphatic hydroxyl groups excluding tert-OH is 1. The lowest BCUT2D eigenvalue weighted by atomic mass is 9.70. The van der Waals surface area contributed by atoms with Crippen LogP contribution < -0.4 is 9.80 Å². The van der Waals surface area contributed by atoms with Gasteiger partial charge in [0.05, 0.1) is 17.9 Å². The van der Waals surface area contributed by atoms with Gasteiger partial charge < -0.3 is 29.3 Å². The van der Waals surface area contributed by atoms with Crippen LogP contribution in [0.3, 0.4) is 0 Å². The summed E-state index contributed by atoms with van der Waals surface area (Å²) in [6, 6.07) is 6.93. The van der Waals surface area contributed by atoms with Crippen molar-refractivity contribution in [1.82, 2.24) is 4.90 Å². The fourth-order valence-corrected chi connectivity index (χ4v) is 6.60. The van der Waals surface area contributed by atoms with Crippen LogP contribution in [-0.2, 0) is 23.9 Å². The predicted molar refractivity (Wildman–Crippen MR) is 149 cm³/mol. The van der Waals surface area contributed by atoms with Gasteiger partial charge in [-0.15, -0.1) is 6.58 Å². The van der Waals surface area contributed by atoms with E-state index >= 15 is 0 Å². The standard InChI is InChI=1S/C30H41N3O6/c1-5-17-32(22-13-11-21(12-14-22)31(7-3)8-4)28(36)26-30-16-15-23(39-30)24(29(37)38-20-6-2)25(30)27(35)33(26)18-9-10-19-34/h5-6,11-14,23-26,34H,1-2,7-10,15-20H2,3-4H3/t23-,24+,25-,26?,30?/m0/s1. The van der Waals surface area contributed by atoms with Crippen LogP contribution in [0.2, 0.25) is 0 Å². The Kier molecular flexibility index (Phi) is 9.12. The largest absolute Gasteiger partial charge is 0.461 e. The lowest BCUT2D eigenvalue weighted by molar-refractivity contribution is -0.154. The highest BCUT2D eigenvalue weighted by Crippen LogP contribution is 2.59. The molecule has 4 rings (SSSR count). The number of amides is 2. The number of likely N-dealkylation sites (tertiary alicyclic amines) is 1. The summed E-state index contributed by atoms with van der Waals surface area (Å²) in [6.07, 6.45) is 4.81. The van der Waals surface area contributed by atoms with Crippen molar-refractivity contribution in [3.63, 3.8) is 0 Å². The molecule has 0 aliphatic carbocycles. The summed E-state index contributed by atoms with van der Waals surface area (Å²) in [6.45, 7) is 14.0. The van der Waals surface area contributed by atoms with Crippen LogP contribution in [0, 0.1) is 11.8 Å². The molecule has 3 fully saturated rings. The maximum absolute atomic E-state index is 14.4. The van der Waals surface area contributed by atoms with Crippen LogP contribution in [0.4, 0.5) is 11.4 Å². The van der Waals surface area contributed by atoms with Crippen molar-refractivity contribution in [2.75, 3.05) is 49.2 Å². The first kappa shape index (κ1) is 28.8. The van der Waals surface area contributed by atoms with Gasteiger partial charge in [-0.05, 0) is 63.8 Å². The van der Waals surface area contributed by atoms with Crippen molar-refractivity contribution >= 4 is 29.2 Å². The Labute approximate surface area is 231 Å². The summed E-state index contributed by atoms with van der Waals surface area (Å²) in [4.78, 5) is 46.9. The molecular weight excluding hydrogens is 498 g/mol. The lowest BCUT2D eigenvalue weighted by Crippen LogP contribution is -2.56. The minimum absolute atomic E-state index is 0.00817. The Morgan fingerprint density at radius 2 is 1.85 bits per heavy atom. The fourth-order valence-electron chi connectivity index (χ4n) is 6.60. The average Bonchev–Trinajstić information content (AvgIpc) is 3.59. The number of nitrogens with zero attached hydrogens (tertiary/aromatic N) is 3. The zero-order chi connectivity index (χ0) is 28.2. The Bertz CT molecular complexity index is 1070. The van der Waals surface area contributed by atoms with Crippen molar-refractivity contribution < 1.29 is 29.0 Å². The molecule has 2 amide bonds. The number of carbonyl (C=O) groups is 3. The van der Waals surface area contributed by atoms with E-state index in [-0.39, 0.29) is 31.6 Å². The van der Waals surface area contributed by atoms with E-state index in [0.29, 0.717) is 37.9 Å². The van der Waals surface area contributed by atoms with E-state index in [1.165, 1.54) is 6.08 Å². The Hall–Kier alpha value is -3.17. The SMILES string of the molecule is C=CCOC(=O)[C@@H]1[C@@H]2CCC3(O2)C(C(=O)N(CC=C)c2ccc(N(CC)CC)cc2)N(CCCCO)C(=O)[C@H]13. The number of anilines is 2. The second-order valence-electron chi connectivity index (χ2n) is 10.4. The maximum atomic E-state index is 14.4. The third kappa shape index (κ3) is 5.10. The zero-order valence-electron chi connectivity index (χ0n) is 23.1. The number of rotatable bonds is 14. The number of unbranched alkanes of at least 4 members (excludes halogenated alkanes) is 1. The Morgan fingerprint density at radius 1 is 1.15 bits per heavy atom. The molecule has 1 aromatic carbocycles. The molecule has 3 aliphatic heterocycles. The van der Waals surface area contributed by atoms with E-state index in [9.17, 15) is 19.5 Å². The maximum Gasteiger partial charge on any atom is 0.312 e. The van der Waals surface area contributed by atoms with Crippen LogP contribution in [0.1, 0.15) is 39.5 Å². The normalized spacial score (nSPS) is 26.8. The van der Waals surface area contributed by atoms with Crippen molar-refractivity contribution in [3.8, 4) is 0 Å². The van der Waals surface area contributed by atoms with Gasteiger partial charge in [0.25, 0.3) is 5.91 Å². The minimum Gasteiger partial charge on any atom is -0.461 e. The van der Waals surface area contributed by atoms with Crippen LogP contribution in [0.15, 0.2) is 49.6 Å². The van der Waals surface area contributed by atoms with Crippen molar-refractivity contribution in [2.45, 2.75) is 57.3 Å².